The highest BCUT2D eigenvalue weighted by Crippen LogP contribution is 2.07. The van der Waals surface area contributed by atoms with Gasteiger partial charge in [-0.25, -0.2) is 0 Å². The van der Waals surface area contributed by atoms with E-state index in [1.807, 2.05) is 0 Å². The minimum absolute atomic E-state index is 0.0996. The number of nitrogens with two attached hydrogens (primary N) is 1. The standard InChI is InChI=1S/C12H25N5O/c13-9-7-5-3-1-2-4-6-8-10-15-12(18)11-16-17-14/h1-11,13H2,(H,15,18). The second kappa shape index (κ2) is 13.8. The topological polar surface area (TPSA) is 104 Å². The van der Waals surface area contributed by atoms with Crippen LogP contribution in [0.5, 0.6) is 0 Å². The van der Waals surface area contributed by atoms with Crippen LogP contribution in [-0.4, -0.2) is 25.5 Å². The number of nitrogens with zero attached hydrogens (tertiary/aromatic N) is 3. The molecule has 0 aromatic heterocycles. The van der Waals surface area contributed by atoms with E-state index < -0.39 is 0 Å². The van der Waals surface area contributed by atoms with E-state index in [2.05, 4.69) is 15.3 Å². The maximum absolute atomic E-state index is 11.1. The minimum atomic E-state index is -0.199. The fourth-order valence-corrected chi connectivity index (χ4v) is 1.71. The summed E-state index contributed by atoms with van der Waals surface area (Å²) in [6.07, 6.45) is 9.54. The van der Waals surface area contributed by atoms with Crippen LogP contribution in [0.25, 0.3) is 10.4 Å². The van der Waals surface area contributed by atoms with Crippen LogP contribution < -0.4 is 11.1 Å². The van der Waals surface area contributed by atoms with Crippen LogP contribution in [0.3, 0.4) is 0 Å². The number of rotatable bonds is 12. The largest absolute Gasteiger partial charge is 0.356 e. The Hall–Kier alpha value is -1.26. The molecule has 0 aliphatic rings. The van der Waals surface area contributed by atoms with Crippen LogP contribution in [0.2, 0.25) is 0 Å². The third kappa shape index (κ3) is 12.8. The van der Waals surface area contributed by atoms with Gasteiger partial charge in [-0.1, -0.05) is 43.6 Å². The summed E-state index contributed by atoms with van der Waals surface area (Å²) in [5.41, 5.74) is 13.5. The van der Waals surface area contributed by atoms with Crippen LogP contribution in [0, 0.1) is 0 Å². The molecule has 0 unspecified atom stereocenters. The molecule has 0 spiro atoms. The van der Waals surface area contributed by atoms with E-state index in [0.717, 1.165) is 25.8 Å². The molecule has 0 fully saturated rings. The third-order valence-electron chi connectivity index (χ3n) is 2.73. The molecule has 0 saturated heterocycles. The first-order valence-electron chi connectivity index (χ1n) is 6.79. The van der Waals surface area contributed by atoms with Crippen LogP contribution in [0.4, 0.5) is 0 Å². The Labute approximate surface area is 109 Å². The van der Waals surface area contributed by atoms with Crippen LogP contribution in [-0.2, 0) is 4.79 Å². The first-order chi connectivity index (χ1) is 8.81. The summed E-state index contributed by atoms with van der Waals surface area (Å²) in [7, 11) is 0. The van der Waals surface area contributed by atoms with Gasteiger partial charge in [0.25, 0.3) is 0 Å². The summed E-state index contributed by atoms with van der Waals surface area (Å²) in [6, 6.07) is 0. The van der Waals surface area contributed by atoms with Crippen molar-refractivity contribution in [2.24, 2.45) is 10.8 Å². The number of carbonyl (C=O) groups excluding carboxylic acids is 1. The Kier molecular flexibility index (Phi) is 12.8. The molecule has 0 aliphatic carbocycles. The minimum Gasteiger partial charge on any atom is -0.356 e. The van der Waals surface area contributed by atoms with Gasteiger partial charge < -0.3 is 11.1 Å². The van der Waals surface area contributed by atoms with Gasteiger partial charge in [0.15, 0.2) is 0 Å². The summed E-state index contributed by atoms with van der Waals surface area (Å²) >= 11 is 0. The van der Waals surface area contributed by atoms with Crippen LogP contribution in [0.15, 0.2) is 5.11 Å². The Morgan fingerprint density at radius 2 is 1.61 bits per heavy atom. The Bertz CT molecular complexity index is 251. The molecule has 6 nitrogen and oxygen atoms in total. The molecular formula is C12H25N5O. The summed E-state index contributed by atoms with van der Waals surface area (Å²) in [4.78, 5) is 13.6. The molecule has 0 radical (unpaired) electrons. The number of azide groups is 1. The quantitative estimate of drug-likeness (QED) is 0.242. The molecule has 0 atom stereocenters. The lowest BCUT2D eigenvalue weighted by molar-refractivity contribution is -0.119. The number of amides is 1. The monoisotopic (exact) mass is 255 g/mol. The molecule has 18 heavy (non-hydrogen) atoms. The molecule has 104 valence electrons. The second-order valence-electron chi connectivity index (χ2n) is 4.36. The Morgan fingerprint density at radius 3 is 2.17 bits per heavy atom. The molecule has 6 heteroatoms. The van der Waals surface area contributed by atoms with Gasteiger partial charge >= 0.3 is 0 Å². The zero-order valence-corrected chi connectivity index (χ0v) is 11.1. The predicted octanol–water partition coefficient (Wildman–Crippen LogP) is 2.49. The molecule has 0 rings (SSSR count). The van der Waals surface area contributed by atoms with E-state index in [4.69, 9.17) is 11.3 Å². The average molecular weight is 255 g/mol. The summed E-state index contributed by atoms with van der Waals surface area (Å²) in [6.45, 7) is 1.38. The van der Waals surface area contributed by atoms with Gasteiger partial charge in [-0.3, -0.25) is 4.79 Å². The van der Waals surface area contributed by atoms with Crippen molar-refractivity contribution >= 4 is 5.91 Å². The number of hydrogen-bond donors (Lipinski definition) is 2. The molecule has 0 aromatic carbocycles. The van der Waals surface area contributed by atoms with Gasteiger partial charge in [-0.15, -0.1) is 0 Å². The average Bonchev–Trinajstić information content (AvgIpc) is 2.38. The van der Waals surface area contributed by atoms with Crippen molar-refractivity contribution in [3.05, 3.63) is 10.4 Å². The first-order valence-corrected chi connectivity index (χ1v) is 6.79. The smallest absolute Gasteiger partial charge is 0.225 e. The highest BCUT2D eigenvalue weighted by Gasteiger charge is 1.97. The van der Waals surface area contributed by atoms with Crippen molar-refractivity contribution in [1.29, 1.82) is 0 Å². The molecule has 0 saturated carbocycles. The lowest BCUT2D eigenvalue weighted by atomic mass is 10.1. The zero-order valence-electron chi connectivity index (χ0n) is 11.1. The fraction of sp³-hybridized carbons (Fsp3) is 0.917. The van der Waals surface area contributed by atoms with Crippen LogP contribution >= 0.6 is 0 Å². The highest BCUT2D eigenvalue weighted by atomic mass is 16.1. The lowest BCUT2D eigenvalue weighted by Crippen LogP contribution is -2.26. The Balaban J connectivity index is 3.11. The van der Waals surface area contributed by atoms with E-state index in [9.17, 15) is 4.79 Å². The van der Waals surface area contributed by atoms with Crippen molar-refractivity contribution in [3.63, 3.8) is 0 Å². The highest BCUT2D eigenvalue weighted by molar-refractivity contribution is 5.78. The van der Waals surface area contributed by atoms with Gasteiger partial charge in [0.2, 0.25) is 5.91 Å². The number of hydrogen-bond acceptors (Lipinski definition) is 3. The van der Waals surface area contributed by atoms with Crippen molar-refractivity contribution in [1.82, 2.24) is 5.32 Å². The lowest BCUT2D eigenvalue weighted by Gasteiger charge is -2.03. The number of nitrogens with one attached hydrogen (secondary N) is 1. The van der Waals surface area contributed by atoms with Gasteiger partial charge in [-0.05, 0) is 24.9 Å². The Morgan fingerprint density at radius 1 is 1.06 bits per heavy atom. The zero-order chi connectivity index (χ0) is 13.5. The molecule has 0 heterocycles. The van der Waals surface area contributed by atoms with Gasteiger partial charge in [-0.2, -0.15) is 0 Å². The fourth-order valence-electron chi connectivity index (χ4n) is 1.71. The van der Waals surface area contributed by atoms with E-state index in [0.29, 0.717) is 6.54 Å². The summed E-state index contributed by atoms with van der Waals surface area (Å²) in [5, 5.41) is 5.91. The summed E-state index contributed by atoms with van der Waals surface area (Å²) < 4.78 is 0. The van der Waals surface area contributed by atoms with Gasteiger partial charge in [0.05, 0.1) is 0 Å². The maximum atomic E-state index is 11.1. The third-order valence-corrected chi connectivity index (χ3v) is 2.73. The van der Waals surface area contributed by atoms with E-state index in [-0.39, 0.29) is 12.5 Å². The first kappa shape index (κ1) is 16.7. The number of carbonyl (C=O) groups is 1. The molecule has 0 aromatic rings. The molecule has 3 N–H and O–H groups in total. The van der Waals surface area contributed by atoms with Crippen LogP contribution in [0.1, 0.15) is 51.4 Å². The maximum Gasteiger partial charge on any atom is 0.225 e. The normalized spacial score (nSPS) is 9.83. The van der Waals surface area contributed by atoms with Crippen molar-refractivity contribution in [2.75, 3.05) is 19.6 Å². The molecule has 0 bridgehead atoms. The second-order valence-corrected chi connectivity index (χ2v) is 4.36. The van der Waals surface area contributed by atoms with E-state index in [1.54, 1.807) is 0 Å². The summed E-state index contributed by atoms with van der Waals surface area (Å²) in [5.74, 6) is -0.199. The molecular weight excluding hydrogens is 230 g/mol. The predicted molar refractivity (Wildman–Crippen MR) is 73.0 cm³/mol. The molecule has 1 amide bonds. The van der Waals surface area contributed by atoms with E-state index >= 15 is 0 Å². The van der Waals surface area contributed by atoms with E-state index in [1.165, 1.54) is 32.1 Å². The van der Waals surface area contributed by atoms with Gasteiger partial charge in [0.1, 0.15) is 6.54 Å². The SMILES string of the molecule is [N-]=[N+]=NCC(=O)NCCCCCCCCCCN. The number of unbranched alkanes of at least 4 members (excludes halogenated alkanes) is 7. The van der Waals surface area contributed by atoms with Crippen molar-refractivity contribution in [2.45, 2.75) is 51.4 Å². The van der Waals surface area contributed by atoms with Gasteiger partial charge in [0, 0.05) is 11.5 Å². The molecule has 0 aliphatic heterocycles. The van der Waals surface area contributed by atoms with Crippen molar-refractivity contribution < 1.29 is 4.79 Å². The van der Waals surface area contributed by atoms with Crippen molar-refractivity contribution in [3.8, 4) is 0 Å².